The van der Waals surface area contributed by atoms with Crippen LogP contribution in [0.5, 0.6) is 0 Å². The van der Waals surface area contributed by atoms with E-state index in [9.17, 15) is 9.59 Å². The van der Waals surface area contributed by atoms with Gasteiger partial charge in [0.2, 0.25) is 5.91 Å². The van der Waals surface area contributed by atoms with Gasteiger partial charge in [0.25, 0.3) is 0 Å². The van der Waals surface area contributed by atoms with Crippen molar-refractivity contribution in [3.05, 3.63) is 59.7 Å². The maximum atomic E-state index is 12.7. The Kier molecular flexibility index (Phi) is 6.45. The first-order chi connectivity index (χ1) is 14.2. The molecule has 30 heavy (non-hydrogen) atoms. The number of ether oxygens (including phenoxy) is 1. The van der Waals surface area contributed by atoms with Gasteiger partial charge >= 0.3 is 6.09 Å². The molecule has 6 nitrogen and oxygen atoms in total. The summed E-state index contributed by atoms with van der Waals surface area (Å²) in [5, 5.41) is 2.91. The van der Waals surface area contributed by atoms with E-state index in [0.717, 1.165) is 23.2 Å². The lowest BCUT2D eigenvalue weighted by atomic mass is 10.1. The number of rotatable bonds is 4. The smallest absolute Gasteiger partial charge is 0.410 e. The molecule has 158 valence electrons. The average Bonchev–Trinajstić information content (AvgIpc) is 3.18. The van der Waals surface area contributed by atoms with Gasteiger partial charge in [-0.1, -0.05) is 36.4 Å². The lowest BCUT2D eigenvalue weighted by Gasteiger charge is -2.28. The largest absolute Gasteiger partial charge is 0.444 e. The van der Waals surface area contributed by atoms with Crippen molar-refractivity contribution in [3.8, 4) is 0 Å². The van der Waals surface area contributed by atoms with Crippen LogP contribution < -0.4 is 11.1 Å². The van der Waals surface area contributed by atoms with Crippen molar-refractivity contribution in [1.29, 1.82) is 0 Å². The van der Waals surface area contributed by atoms with Crippen LogP contribution in [0, 0.1) is 0 Å². The SMILES string of the molecule is CC(C)(C)OC(=O)N1CCC[C@@H]1C(=O)Nc1ccc(/C=C/c2ccc(N)cc2)cc1. The average molecular weight is 408 g/mol. The number of likely N-dealkylation sites (tertiary alicyclic amines) is 1. The fourth-order valence-electron chi connectivity index (χ4n) is 3.28. The van der Waals surface area contributed by atoms with Crippen molar-refractivity contribution in [2.24, 2.45) is 0 Å². The zero-order valence-corrected chi connectivity index (χ0v) is 17.7. The second-order valence-corrected chi connectivity index (χ2v) is 8.44. The topological polar surface area (TPSA) is 84.7 Å². The molecule has 1 saturated heterocycles. The van der Waals surface area contributed by atoms with Crippen LogP contribution in [0.1, 0.15) is 44.7 Å². The normalized spacial score (nSPS) is 16.6. The number of benzene rings is 2. The first kappa shape index (κ1) is 21.4. The van der Waals surface area contributed by atoms with Crippen molar-refractivity contribution in [2.75, 3.05) is 17.6 Å². The van der Waals surface area contributed by atoms with E-state index in [1.54, 1.807) is 0 Å². The fraction of sp³-hybridized carbons (Fsp3) is 0.333. The molecule has 0 saturated carbocycles. The molecule has 3 rings (SSSR count). The van der Waals surface area contributed by atoms with Crippen LogP contribution in [0.2, 0.25) is 0 Å². The summed E-state index contributed by atoms with van der Waals surface area (Å²) in [4.78, 5) is 26.6. The predicted octanol–water partition coefficient (Wildman–Crippen LogP) is 4.78. The van der Waals surface area contributed by atoms with Crippen molar-refractivity contribution in [1.82, 2.24) is 4.90 Å². The molecule has 0 aliphatic carbocycles. The van der Waals surface area contributed by atoms with E-state index in [1.165, 1.54) is 4.90 Å². The number of anilines is 2. The Balaban J connectivity index is 1.60. The minimum Gasteiger partial charge on any atom is -0.444 e. The summed E-state index contributed by atoms with van der Waals surface area (Å²) in [6.07, 6.45) is 4.98. The highest BCUT2D eigenvalue weighted by Crippen LogP contribution is 2.22. The third-order valence-electron chi connectivity index (χ3n) is 4.77. The van der Waals surface area contributed by atoms with Gasteiger partial charge in [-0.25, -0.2) is 4.79 Å². The van der Waals surface area contributed by atoms with E-state index in [0.29, 0.717) is 18.7 Å². The Bertz CT molecular complexity index is 912. The van der Waals surface area contributed by atoms with Crippen molar-refractivity contribution in [2.45, 2.75) is 45.3 Å². The maximum Gasteiger partial charge on any atom is 0.410 e. The Hall–Kier alpha value is -3.28. The molecule has 0 aromatic heterocycles. The monoisotopic (exact) mass is 407 g/mol. The Morgan fingerprint density at radius 3 is 2.17 bits per heavy atom. The maximum absolute atomic E-state index is 12.7. The summed E-state index contributed by atoms with van der Waals surface area (Å²) in [6, 6.07) is 14.7. The van der Waals surface area contributed by atoms with E-state index in [4.69, 9.17) is 10.5 Å². The lowest BCUT2D eigenvalue weighted by molar-refractivity contribution is -0.120. The van der Waals surface area contributed by atoms with Gasteiger partial charge in [0.15, 0.2) is 0 Å². The minimum absolute atomic E-state index is 0.191. The number of carbonyl (C=O) groups is 2. The quantitative estimate of drug-likeness (QED) is 0.564. The van der Waals surface area contributed by atoms with Gasteiger partial charge in [0, 0.05) is 17.9 Å². The Morgan fingerprint density at radius 1 is 1.03 bits per heavy atom. The fourth-order valence-corrected chi connectivity index (χ4v) is 3.28. The molecule has 0 spiro atoms. The minimum atomic E-state index is -0.587. The molecule has 0 bridgehead atoms. The number of hydrogen-bond acceptors (Lipinski definition) is 4. The van der Waals surface area contributed by atoms with Crippen LogP contribution in [0.3, 0.4) is 0 Å². The van der Waals surface area contributed by atoms with Crippen LogP contribution in [-0.4, -0.2) is 35.1 Å². The molecule has 3 N–H and O–H groups in total. The molecule has 1 atom stereocenters. The van der Waals surface area contributed by atoms with E-state index in [-0.39, 0.29) is 5.91 Å². The third-order valence-corrected chi connectivity index (χ3v) is 4.77. The molecular weight excluding hydrogens is 378 g/mol. The molecule has 1 heterocycles. The van der Waals surface area contributed by atoms with Gasteiger partial charge in [-0.05, 0) is 69.0 Å². The highest BCUT2D eigenvalue weighted by Gasteiger charge is 2.36. The number of hydrogen-bond donors (Lipinski definition) is 2. The summed E-state index contributed by atoms with van der Waals surface area (Å²) < 4.78 is 5.43. The number of nitrogens with zero attached hydrogens (tertiary/aromatic N) is 1. The van der Waals surface area contributed by atoms with Crippen LogP contribution >= 0.6 is 0 Å². The van der Waals surface area contributed by atoms with E-state index < -0.39 is 17.7 Å². The second-order valence-electron chi connectivity index (χ2n) is 8.44. The molecule has 6 heteroatoms. The van der Waals surface area contributed by atoms with Crippen molar-refractivity contribution < 1.29 is 14.3 Å². The van der Waals surface area contributed by atoms with E-state index in [2.05, 4.69) is 5.32 Å². The van der Waals surface area contributed by atoms with Gasteiger partial charge in [0.05, 0.1) is 0 Å². The van der Waals surface area contributed by atoms with E-state index >= 15 is 0 Å². The highest BCUT2D eigenvalue weighted by molar-refractivity contribution is 5.97. The summed E-state index contributed by atoms with van der Waals surface area (Å²) in [5.74, 6) is -0.191. The van der Waals surface area contributed by atoms with Gasteiger partial charge in [0.1, 0.15) is 11.6 Å². The summed E-state index contributed by atoms with van der Waals surface area (Å²) >= 11 is 0. The van der Waals surface area contributed by atoms with Gasteiger partial charge in [-0.3, -0.25) is 9.69 Å². The molecule has 0 unspecified atom stereocenters. The molecule has 2 amide bonds. The molecular formula is C24H29N3O3. The Labute approximate surface area is 177 Å². The zero-order chi connectivity index (χ0) is 21.7. The van der Waals surface area contributed by atoms with Crippen LogP contribution in [-0.2, 0) is 9.53 Å². The lowest BCUT2D eigenvalue weighted by Crippen LogP contribution is -2.45. The summed E-state index contributed by atoms with van der Waals surface area (Å²) in [7, 11) is 0. The second kappa shape index (κ2) is 9.03. The molecule has 1 aliphatic heterocycles. The van der Waals surface area contributed by atoms with Crippen LogP contribution in [0.15, 0.2) is 48.5 Å². The predicted molar refractivity (Wildman–Crippen MR) is 121 cm³/mol. The number of nitrogens with one attached hydrogen (secondary N) is 1. The van der Waals surface area contributed by atoms with Gasteiger partial charge in [-0.2, -0.15) is 0 Å². The highest BCUT2D eigenvalue weighted by atomic mass is 16.6. The Morgan fingerprint density at radius 2 is 1.60 bits per heavy atom. The van der Waals surface area contributed by atoms with Crippen molar-refractivity contribution >= 4 is 35.5 Å². The molecule has 0 radical (unpaired) electrons. The molecule has 1 fully saturated rings. The number of carbonyl (C=O) groups excluding carboxylic acids is 2. The summed E-state index contributed by atoms with van der Waals surface area (Å²) in [5.41, 5.74) is 8.62. The summed E-state index contributed by atoms with van der Waals surface area (Å²) in [6.45, 7) is 5.99. The number of amides is 2. The number of nitrogens with two attached hydrogens (primary N) is 1. The molecule has 2 aromatic carbocycles. The van der Waals surface area contributed by atoms with Crippen LogP contribution in [0.25, 0.3) is 12.2 Å². The van der Waals surface area contributed by atoms with Gasteiger partial charge in [-0.15, -0.1) is 0 Å². The van der Waals surface area contributed by atoms with E-state index in [1.807, 2.05) is 81.5 Å². The van der Waals surface area contributed by atoms with Crippen molar-refractivity contribution in [3.63, 3.8) is 0 Å². The first-order valence-electron chi connectivity index (χ1n) is 10.2. The zero-order valence-electron chi connectivity index (χ0n) is 17.7. The standard InChI is InChI=1S/C24H29N3O3/c1-24(2,3)30-23(29)27-16-4-5-21(27)22(28)26-20-14-10-18(11-15-20)7-6-17-8-12-19(25)13-9-17/h6-15,21H,4-5,16,25H2,1-3H3,(H,26,28)/b7-6+/t21-/m1/s1. The number of nitrogen functional groups attached to an aromatic ring is 1. The van der Waals surface area contributed by atoms with Crippen LogP contribution in [0.4, 0.5) is 16.2 Å². The first-order valence-corrected chi connectivity index (χ1v) is 10.2. The molecule has 1 aliphatic rings. The van der Waals surface area contributed by atoms with Gasteiger partial charge < -0.3 is 15.8 Å². The third kappa shape index (κ3) is 5.86. The molecule has 2 aromatic rings.